The van der Waals surface area contributed by atoms with Crippen LogP contribution < -0.4 is 0 Å². The molecule has 1 saturated carbocycles. The maximum atomic E-state index is 11.0. The highest BCUT2D eigenvalue weighted by molar-refractivity contribution is 5.81. The fourth-order valence-corrected chi connectivity index (χ4v) is 1.66. The van der Waals surface area contributed by atoms with E-state index < -0.39 is 0 Å². The third-order valence-corrected chi connectivity index (χ3v) is 2.59. The van der Waals surface area contributed by atoms with Crippen molar-refractivity contribution in [1.82, 2.24) is 0 Å². The van der Waals surface area contributed by atoms with Crippen LogP contribution in [0.2, 0.25) is 0 Å². The highest BCUT2D eigenvalue weighted by Crippen LogP contribution is 2.17. The summed E-state index contributed by atoms with van der Waals surface area (Å²) in [6.07, 6.45) is 2.21. The molecule has 0 amide bonds. The predicted octanol–water partition coefficient (Wildman–Crippen LogP) is 0.804. The van der Waals surface area contributed by atoms with Crippen molar-refractivity contribution in [3.63, 3.8) is 0 Å². The molecule has 0 bridgehead atoms. The molecule has 0 spiro atoms. The molecular weight excluding hydrogens is 224 g/mol. The van der Waals surface area contributed by atoms with Crippen LogP contribution in [-0.4, -0.2) is 58.6 Å². The van der Waals surface area contributed by atoms with Gasteiger partial charge in [0.25, 0.3) is 0 Å². The molecule has 1 aliphatic carbocycles. The molecule has 100 valence electrons. The first-order chi connectivity index (χ1) is 8.33. The molecule has 1 fully saturated rings. The molecule has 0 saturated heterocycles. The lowest BCUT2D eigenvalue weighted by molar-refractivity contribution is -0.118. The van der Waals surface area contributed by atoms with Gasteiger partial charge in [0.1, 0.15) is 5.78 Å². The number of carbonyl (C=O) groups is 1. The van der Waals surface area contributed by atoms with Crippen molar-refractivity contribution >= 4 is 5.78 Å². The average Bonchev–Trinajstić information content (AvgIpc) is 2.73. The van der Waals surface area contributed by atoms with Crippen LogP contribution in [0.5, 0.6) is 0 Å². The minimum absolute atomic E-state index is 0.115. The smallest absolute Gasteiger partial charge is 0.135 e. The van der Waals surface area contributed by atoms with E-state index in [2.05, 4.69) is 0 Å². The Labute approximate surface area is 102 Å². The van der Waals surface area contributed by atoms with E-state index in [0.717, 1.165) is 6.42 Å². The summed E-state index contributed by atoms with van der Waals surface area (Å²) in [7, 11) is 1.64. The average molecular weight is 246 g/mol. The summed E-state index contributed by atoms with van der Waals surface area (Å²) >= 11 is 0. The van der Waals surface area contributed by atoms with Gasteiger partial charge < -0.3 is 18.9 Å². The number of ether oxygens (including phenoxy) is 4. The molecule has 1 aliphatic rings. The second-order valence-corrected chi connectivity index (χ2v) is 3.99. The maximum absolute atomic E-state index is 11.0. The topological polar surface area (TPSA) is 54.0 Å². The van der Waals surface area contributed by atoms with Crippen LogP contribution in [0.15, 0.2) is 0 Å². The Morgan fingerprint density at radius 2 is 1.71 bits per heavy atom. The number of Topliss-reactive ketones (excluding diaryl/α,β-unsaturated/α-hetero) is 1. The maximum Gasteiger partial charge on any atom is 0.135 e. The zero-order valence-electron chi connectivity index (χ0n) is 10.5. The summed E-state index contributed by atoms with van der Waals surface area (Å²) in [6.45, 7) is 3.45. The van der Waals surface area contributed by atoms with Crippen molar-refractivity contribution in [2.45, 2.75) is 25.4 Å². The minimum atomic E-state index is 0.115. The number of rotatable bonds is 10. The Balaban J connectivity index is 1.77. The lowest BCUT2D eigenvalue weighted by atomic mass is 10.3. The summed E-state index contributed by atoms with van der Waals surface area (Å²) in [6, 6.07) is 0. The zero-order chi connectivity index (χ0) is 12.3. The number of methoxy groups -OCH3 is 1. The van der Waals surface area contributed by atoms with E-state index in [1.54, 1.807) is 7.11 Å². The van der Waals surface area contributed by atoms with Gasteiger partial charge in [0.15, 0.2) is 0 Å². The van der Waals surface area contributed by atoms with Gasteiger partial charge in [-0.25, -0.2) is 0 Å². The summed E-state index contributed by atoms with van der Waals surface area (Å²) in [5, 5.41) is 0. The molecule has 5 nitrogen and oxygen atoms in total. The van der Waals surface area contributed by atoms with Crippen LogP contribution in [0, 0.1) is 0 Å². The molecule has 1 atom stereocenters. The van der Waals surface area contributed by atoms with Gasteiger partial charge in [0.05, 0.1) is 45.7 Å². The van der Waals surface area contributed by atoms with Gasteiger partial charge in [-0.15, -0.1) is 0 Å². The summed E-state index contributed by atoms with van der Waals surface area (Å²) in [5.41, 5.74) is 0. The Morgan fingerprint density at radius 1 is 1.06 bits per heavy atom. The van der Waals surface area contributed by atoms with E-state index >= 15 is 0 Å². The van der Waals surface area contributed by atoms with Crippen molar-refractivity contribution in [3.05, 3.63) is 0 Å². The first kappa shape index (κ1) is 14.6. The molecule has 5 heteroatoms. The third kappa shape index (κ3) is 7.44. The van der Waals surface area contributed by atoms with Crippen molar-refractivity contribution < 1.29 is 23.7 Å². The second-order valence-electron chi connectivity index (χ2n) is 3.99. The lowest BCUT2D eigenvalue weighted by Gasteiger charge is -2.10. The molecule has 1 unspecified atom stereocenters. The second kappa shape index (κ2) is 9.53. The largest absolute Gasteiger partial charge is 0.382 e. The van der Waals surface area contributed by atoms with Gasteiger partial charge in [0, 0.05) is 20.0 Å². The Kier molecular flexibility index (Phi) is 8.17. The normalized spacial score (nSPS) is 20.1. The number of carbonyl (C=O) groups excluding carboxylic acids is 1. The van der Waals surface area contributed by atoms with Gasteiger partial charge >= 0.3 is 0 Å². The quantitative estimate of drug-likeness (QED) is 0.534. The van der Waals surface area contributed by atoms with E-state index in [0.29, 0.717) is 58.3 Å². The fourth-order valence-electron chi connectivity index (χ4n) is 1.66. The van der Waals surface area contributed by atoms with E-state index in [4.69, 9.17) is 18.9 Å². The highest BCUT2D eigenvalue weighted by atomic mass is 16.6. The predicted molar refractivity (Wildman–Crippen MR) is 62.1 cm³/mol. The summed E-state index contributed by atoms with van der Waals surface area (Å²) < 4.78 is 20.9. The molecule has 0 radical (unpaired) electrons. The highest BCUT2D eigenvalue weighted by Gasteiger charge is 2.22. The van der Waals surface area contributed by atoms with Crippen molar-refractivity contribution in [3.8, 4) is 0 Å². The monoisotopic (exact) mass is 246 g/mol. The lowest BCUT2D eigenvalue weighted by Crippen LogP contribution is -2.15. The van der Waals surface area contributed by atoms with Gasteiger partial charge in [-0.1, -0.05) is 0 Å². The fraction of sp³-hybridized carbons (Fsp3) is 0.917. The van der Waals surface area contributed by atoms with Crippen LogP contribution in [0.4, 0.5) is 0 Å². The van der Waals surface area contributed by atoms with Crippen LogP contribution in [-0.2, 0) is 23.7 Å². The van der Waals surface area contributed by atoms with Crippen LogP contribution >= 0.6 is 0 Å². The van der Waals surface area contributed by atoms with E-state index in [9.17, 15) is 4.79 Å². The van der Waals surface area contributed by atoms with E-state index in [-0.39, 0.29) is 6.10 Å². The SMILES string of the molecule is COCCOCCOCCOC1CCC(=O)C1. The van der Waals surface area contributed by atoms with Crippen LogP contribution in [0.1, 0.15) is 19.3 Å². The van der Waals surface area contributed by atoms with Gasteiger partial charge in [0.2, 0.25) is 0 Å². The van der Waals surface area contributed by atoms with Crippen molar-refractivity contribution in [2.24, 2.45) is 0 Å². The first-order valence-corrected chi connectivity index (χ1v) is 6.10. The van der Waals surface area contributed by atoms with E-state index in [1.165, 1.54) is 0 Å². The molecule has 0 heterocycles. The molecule has 17 heavy (non-hydrogen) atoms. The molecule has 0 aliphatic heterocycles. The van der Waals surface area contributed by atoms with Gasteiger partial charge in [-0.3, -0.25) is 4.79 Å². The third-order valence-electron chi connectivity index (χ3n) is 2.59. The molecule has 0 aromatic rings. The van der Waals surface area contributed by atoms with Gasteiger partial charge in [-0.2, -0.15) is 0 Å². The molecular formula is C12H22O5. The Hall–Kier alpha value is -0.490. The summed E-state index contributed by atoms with van der Waals surface area (Å²) in [5.74, 6) is 0.308. The van der Waals surface area contributed by atoms with Crippen molar-refractivity contribution in [2.75, 3.05) is 46.8 Å². The van der Waals surface area contributed by atoms with Crippen molar-refractivity contribution in [1.29, 1.82) is 0 Å². The Morgan fingerprint density at radius 3 is 2.29 bits per heavy atom. The van der Waals surface area contributed by atoms with Crippen LogP contribution in [0.3, 0.4) is 0 Å². The molecule has 1 rings (SSSR count). The summed E-state index contributed by atoms with van der Waals surface area (Å²) in [4.78, 5) is 11.0. The molecule has 0 aromatic carbocycles. The molecule has 0 aromatic heterocycles. The van der Waals surface area contributed by atoms with Gasteiger partial charge in [-0.05, 0) is 6.42 Å². The minimum Gasteiger partial charge on any atom is -0.382 e. The first-order valence-electron chi connectivity index (χ1n) is 6.10. The number of hydrogen-bond donors (Lipinski definition) is 0. The Bertz CT molecular complexity index is 207. The molecule has 0 N–H and O–H groups in total. The zero-order valence-corrected chi connectivity index (χ0v) is 10.5. The standard InChI is InChI=1S/C12H22O5/c1-14-4-5-15-6-7-16-8-9-17-12-3-2-11(13)10-12/h12H,2-10H2,1H3. The number of hydrogen-bond acceptors (Lipinski definition) is 5. The van der Waals surface area contributed by atoms with E-state index in [1.807, 2.05) is 0 Å². The van der Waals surface area contributed by atoms with Crippen LogP contribution in [0.25, 0.3) is 0 Å². The number of ketones is 1.